The first-order valence-corrected chi connectivity index (χ1v) is 6.49. The average Bonchev–Trinajstić information content (AvgIpc) is 2.26. The van der Waals surface area contributed by atoms with Crippen LogP contribution in [0.1, 0.15) is 16.7 Å². The van der Waals surface area contributed by atoms with Gasteiger partial charge in [-0.15, -0.1) is 0 Å². The molecule has 0 heterocycles. The lowest BCUT2D eigenvalue weighted by atomic mass is 10.1. The lowest BCUT2D eigenvalue weighted by Crippen LogP contribution is -1.91. The summed E-state index contributed by atoms with van der Waals surface area (Å²) in [6, 6.07) is 12.7. The summed E-state index contributed by atoms with van der Waals surface area (Å²) in [6.07, 6.45) is 0. The molecule has 0 aliphatic carbocycles. The van der Waals surface area contributed by atoms with Gasteiger partial charge >= 0.3 is 0 Å². The molecule has 2 heteroatoms. The Kier molecular flexibility index (Phi) is 3.43. The van der Waals surface area contributed by atoms with E-state index in [2.05, 4.69) is 45.0 Å². The van der Waals surface area contributed by atoms with Gasteiger partial charge < -0.3 is 5.73 Å². The Hall–Kier alpha value is -1.41. The topological polar surface area (TPSA) is 26.0 Å². The molecule has 0 spiro atoms. The van der Waals surface area contributed by atoms with Crippen molar-refractivity contribution < 1.29 is 0 Å². The molecule has 0 saturated carbocycles. The number of nitrogen functional groups attached to an aromatic ring is 1. The third-order valence-corrected chi connectivity index (χ3v) is 4.08. The number of hydrogen-bond acceptors (Lipinski definition) is 2. The molecule has 0 aliphatic rings. The number of anilines is 1. The minimum atomic E-state index is 0.841. The van der Waals surface area contributed by atoms with Crippen molar-refractivity contribution in [3.63, 3.8) is 0 Å². The van der Waals surface area contributed by atoms with Crippen LogP contribution in [0.5, 0.6) is 0 Å². The van der Waals surface area contributed by atoms with Gasteiger partial charge in [0.2, 0.25) is 0 Å². The molecule has 0 bridgehead atoms. The Bertz CT molecular complexity index is 506. The van der Waals surface area contributed by atoms with Gasteiger partial charge in [-0.05, 0) is 56.2 Å². The quantitative estimate of drug-likeness (QED) is 0.794. The Morgan fingerprint density at radius 3 is 1.94 bits per heavy atom. The van der Waals surface area contributed by atoms with Crippen molar-refractivity contribution in [2.75, 3.05) is 5.73 Å². The highest BCUT2D eigenvalue weighted by molar-refractivity contribution is 7.99. The van der Waals surface area contributed by atoms with E-state index in [0.717, 1.165) is 5.69 Å². The third kappa shape index (κ3) is 2.83. The summed E-state index contributed by atoms with van der Waals surface area (Å²) in [4.78, 5) is 2.58. The molecule has 1 nitrogen and oxygen atoms in total. The fourth-order valence-electron chi connectivity index (χ4n) is 1.87. The van der Waals surface area contributed by atoms with Crippen LogP contribution in [0.25, 0.3) is 0 Å². The predicted molar refractivity (Wildman–Crippen MR) is 75.6 cm³/mol. The Labute approximate surface area is 107 Å². The first-order valence-electron chi connectivity index (χ1n) is 5.67. The molecular weight excluding hydrogens is 226 g/mol. The van der Waals surface area contributed by atoms with Crippen molar-refractivity contribution >= 4 is 17.4 Å². The van der Waals surface area contributed by atoms with E-state index < -0.39 is 0 Å². The molecule has 17 heavy (non-hydrogen) atoms. The molecule has 2 N–H and O–H groups in total. The van der Waals surface area contributed by atoms with Gasteiger partial charge in [-0.25, -0.2) is 0 Å². The van der Waals surface area contributed by atoms with Gasteiger partial charge in [0.1, 0.15) is 0 Å². The van der Waals surface area contributed by atoms with E-state index in [1.165, 1.54) is 26.5 Å². The van der Waals surface area contributed by atoms with E-state index in [1.54, 1.807) is 11.8 Å². The minimum absolute atomic E-state index is 0.841. The normalized spacial score (nSPS) is 10.5. The summed E-state index contributed by atoms with van der Waals surface area (Å²) in [6.45, 7) is 6.33. The lowest BCUT2D eigenvalue weighted by molar-refractivity contribution is 1.21. The van der Waals surface area contributed by atoms with E-state index in [4.69, 9.17) is 5.73 Å². The highest BCUT2D eigenvalue weighted by atomic mass is 32.2. The van der Waals surface area contributed by atoms with Crippen molar-refractivity contribution in [2.45, 2.75) is 30.6 Å². The van der Waals surface area contributed by atoms with E-state index in [9.17, 15) is 0 Å². The number of benzene rings is 2. The number of aryl methyl sites for hydroxylation is 3. The van der Waals surface area contributed by atoms with E-state index >= 15 is 0 Å². The maximum Gasteiger partial charge on any atom is 0.0320 e. The molecule has 0 unspecified atom stereocenters. The van der Waals surface area contributed by atoms with Gasteiger partial charge in [-0.2, -0.15) is 0 Å². The summed E-state index contributed by atoms with van der Waals surface area (Å²) in [5.74, 6) is 0. The van der Waals surface area contributed by atoms with Gasteiger partial charge in [-0.3, -0.25) is 0 Å². The van der Waals surface area contributed by atoms with Crippen molar-refractivity contribution in [1.29, 1.82) is 0 Å². The number of hydrogen-bond donors (Lipinski definition) is 1. The summed E-state index contributed by atoms with van der Waals surface area (Å²) >= 11 is 1.80. The lowest BCUT2D eigenvalue weighted by Gasteiger charge is -2.10. The maximum atomic E-state index is 5.83. The second-order valence-electron chi connectivity index (χ2n) is 4.40. The summed E-state index contributed by atoms with van der Waals surface area (Å²) in [5, 5.41) is 0. The zero-order valence-corrected chi connectivity index (χ0v) is 11.3. The predicted octanol–water partition coefficient (Wildman–Crippen LogP) is 4.35. The molecule has 0 radical (unpaired) electrons. The minimum Gasteiger partial charge on any atom is -0.399 e. The SMILES string of the molecule is Cc1ccc(Sc2c(C)cc(N)cc2C)cc1. The summed E-state index contributed by atoms with van der Waals surface area (Å²) in [5.41, 5.74) is 10.5. The summed E-state index contributed by atoms with van der Waals surface area (Å²) in [7, 11) is 0. The van der Waals surface area contributed by atoms with Gasteiger partial charge in [-0.1, -0.05) is 29.5 Å². The average molecular weight is 243 g/mol. The fourth-order valence-corrected chi connectivity index (χ4v) is 2.82. The second kappa shape index (κ2) is 4.84. The van der Waals surface area contributed by atoms with Crippen LogP contribution in [-0.4, -0.2) is 0 Å². The molecule has 88 valence electrons. The van der Waals surface area contributed by atoms with Crippen LogP contribution in [0.2, 0.25) is 0 Å². The van der Waals surface area contributed by atoms with Crippen molar-refractivity contribution in [1.82, 2.24) is 0 Å². The highest BCUT2D eigenvalue weighted by Crippen LogP contribution is 2.34. The standard InChI is InChI=1S/C15H17NS/c1-10-4-6-14(7-5-10)17-15-11(2)8-13(16)9-12(15)3/h4-9H,16H2,1-3H3. The zero-order chi connectivity index (χ0) is 12.4. The van der Waals surface area contributed by atoms with E-state index in [1.807, 2.05) is 12.1 Å². The van der Waals surface area contributed by atoms with Crippen LogP contribution < -0.4 is 5.73 Å². The van der Waals surface area contributed by atoms with Crippen molar-refractivity contribution in [3.05, 3.63) is 53.1 Å². The number of nitrogens with two attached hydrogens (primary N) is 1. The molecule has 0 amide bonds. The Balaban J connectivity index is 2.33. The van der Waals surface area contributed by atoms with Crippen LogP contribution in [-0.2, 0) is 0 Å². The molecule has 0 saturated heterocycles. The molecule has 0 aliphatic heterocycles. The fraction of sp³-hybridized carbons (Fsp3) is 0.200. The summed E-state index contributed by atoms with van der Waals surface area (Å²) < 4.78 is 0. The van der Waals surface area contributed by atoms with Crippen LogP contribution >= 0.6 is 11.8 Å². The molecule has 0 fully saturated rings. The largest absolute Gasteiger partial charge is 0.399 e. The van der Waals surface area contributed by atoms with Crippen LogP contribution in [0.4, 0.5) is 5.69 Å². The Morgan fingerprint density at radius 2 is 1.41 bits per heavy atom. The molecule has 0 atom stereocenters. The first-order chi connectivity index (χ1) is 8.06. The van der Waals surface area contributed by atoms with Gasteiger partial charge in [0.25, 0.3) is 0 Å². The van der Waals surface area contributed by atoms with E-state index in [0.29, 0.717) is 0 Å². The second-order valence-corrected chi connectivity index (χ2v) is 5.48. The van der Waals surface area contributed by atoms with Crippen molar-refractivity contribution in [2.24, 2.45) is 0 Å². The third-order valence-electron chi connectivity index (χ3n) is 2.72. The van der Waals surface area contributed by atoms with Crippen LogP contribution in [0.15, 0.2) is 46.2 Å². The molecule has 2 aromatic carbocycles. The maximum absolute atomic E-state index is 5.83. The van der Waals surface area contributed by atoms with Crippen LogP contribution in [0.3, 0.4) is 0 Å². The Morgan fingerprint density at radius 1 is 0.882 bits per heavy atom. The molecule has 2 rings (SSSR count). The zero-order valence-electron chi connectivity index (χ0n) is 10.4. The van der Waals surface area contributed by atoms with Gasteiger partial charge in [0, 0.05) is 15.5 Å². The molecule has 2 aromatic rings. The number of rotatable bonds is 2. The van der Waals surface area contributed by atoms with Crippen LogP contribution in [0, 0.1) is 20.8 Å². The first kappa shape index (κ1) is 12.1. The van der Waals surface area contributed by atoms with Gasteiger partial charge in [0.05, 0.1) is 0 Å². The molecular formula is C15H17NS. The highest BCUT2D eigenvalue weighted by Gasteiger charge is 2.05. The molecule has 0 aromatic heterocycles. The van der Waals surface area contributed by atoms with Gasteiger partial charge in [0.15, 0.2) is 0 Å². The smallest absolute Gasteiger partial charge is 0.0320 e. The van der Waals surface area contributed by atoms with E-state index in [-0.39, 0.29) is 0 Å². The van der Waals surface area contributed by atoms with Crippen molar-refractivity contribution in [3.8, 4) is 0 Å². The monoisotopic (exact) mass is 243 g/mol.